The van der Waals surface area contributed by atoms with E-state index in [4.69, 9.17) is 15.5 Å². The Morgan fingerprint density at radius 1 is 1.21 bits per heavy atom. The van der Waals surface area contributed by atoms with Gasteiger partial charge in [0.05, 0.1) is 23.3 Å². The van der Waals surface area contributed by atoms with Gasteiger partial charge in [-0.3, -0.25) is 4.79 Å². The van der Waals surface area contributed by atoms with Crippen LogP contribution in [0.2, 0.25) is 0 Å². The predicted molar refractivity (Wildman–Crippen MR) is 136 cm³/mol. The van der Waals surface area contributed by atoms with Crippen LogP contribution in [0, 0.1) is 0 Å². The molecule has 0 aliphatic heterocycles. The summed E-state index contributed by atoms with van der Waals surface area (Å²) in [5, 5.41) is 11.0. The number of carbonyl (C=O) groups is 1. The molecule has 0 spiro atoms. The van der Waals surface area contributed by atoms with Gasteiger partial charge < -0.3 is 26.4 Å². The highest BCUT2D eigenvalue weighted by Gasteiger charge is 2.25. The van der Waals surface area contributed by atoms with Crippen molar-refractivity contribution in [2.45, 2.75) is 90.1 Å². The Labute approximate surface area is 198 Å². The fourth-order valence-electron chi connectivity index (χ4n) is 4.69. The van der Waals surface area contributed by atoms with Gasteiger partial charge in [-0.2, -0.15) is 0 Å². The first-order valence-electron chi connectivity index (χ1n) is 12.5. The number of methoxy groups -OCH3 is 1. The van der Waals surface area contributed by atoms with Crippen molar-refractivity contribution in [2.24, 2.45) is 5.73 Å². The van der Waals surface area contributed by atoms with E-state index < -0.39 is 6.17 Å². The minimum absolute atomic E-state index is 0.0405. The van der Waals surface area contributed by atoms with Crippen LogP contribution in [0.25, 0.3) is 10.9 Å². The fourth-order valence-corrected chi connectivity index (χ4v) is 4.69. The van der Waals surface area contributed by atoms with Crippen LogP contribution >= 0.6 is 0 Å². The molecule has 5 N–H and O–H groups in total. The summed E-state index contributed by atoms with van der Waals surface area (Å²) in [4.78, 5) is 17.7. The number of ether oxygens (including phenoxy) is 1. The number of hydrogen-bond acceptors (Lipinski definition) is 6. The van der Waals surface area contributed by atoms with Gasteiger partial charge in [0.15, 0.2) is 0 Å². The second kappa shape index (κ2) is 12.3. The first kappa shape index (κ1) is 25.4. The predicted octanol–water partition coefficient (Wildman–Crippen LogP) is 3.96. The molecule has 1 aromatic heterocycles. The van der Waals surface area contributed by atoms with Gasteiger partial charge in [0.2, 0.25) is 0 Å². The van der Waals surface area contributed by atoms with E-state index >= 15 is 0 Å². The zero-order valence-electron chi connectivity index (χ0n) is 20.6. The number of amides is 1. The second-order valence-electron chi connectivity index (χ2n) is 9.20. The number of anilines is 1. The Kier molecular flexibility index (Phi) is 9.47. The average Bonchev–Trinajstić information content (AvgIpc) is 2.82. The Balaban J connectivity index is 1.81. The number of nitrogens with one attached hydrogen (secondary N) is 3. The molecule has 1 fully saturated rings. The lowest BCUT2D eigenvalue weighted by Crippen LogP contribution is -2.49. The van der Waals surface area contributed by atoms with Crippen LogP contribution in [0.15, 0.2) is 24.3 Å². The monoisotopic (exact) mass is 455 g/mol. The molecule has 0 radical (unpaired) electrons. The summed E-state index contributed by atoms with van der Waals surface area (Å²) in [6.45, 7) is 6.61. The maximum absolute atomic E-state index is 12.9. The number of hydrogen-bond donors (Lipinski definition) is 4. The second-order valence-corrected chi connectivity index (χ2v) is 9.20. The molecule has 182 valence electrons. The van der Waals surface area contributed by atoms with Crippen LogP contribution in [0.3, 0.4) is 0 Å². The number of carbonyl (C=O) groups excluding carboxylic acids is 1. The molecule has 1 aromatic carbocycles. The Morgan fingerprint density at radius 3 is 2.61 bits per heavy atom. The SMILES string of the molecule is CCc1ccc2nc(NCC(OC)C(CC)NC3CCCCC3)c(C(=O)NC(C)N)cc2c1. The standard InChI is InChI=1S/C26H41N5O2/c1-5-18-12-13-23-19(14-18)15-21(26(32)29-17(3)27)25(31-23)28-16-24(33-4)22(6-2)30-20-10-8-7-9-11-20/h12-15,17,20,22,24,30H,5-11,16,27H2,1-4H3,(H,28,31)(H,29,32). The molecule has 1 aliphatic rings. The third-order valence-corrected chi connectivity index (χ3v) is 6.61. The van der Waals surface area contributed by atoms with Crippen LogP contribution < -0.4 is 21.7 Å². The van der Waals surface area contributed by atoms with Crippen molar-refractivity contribution in [3.63, 3.8) is 0 Å². The first-order valence-corrected chi connectivity index (χ1v) is 12.5. The molecule has 3 unspecified atom stereocenters. The lowest BCUT2D eigenvalue weighted by molar-refractivity contribution is 0.0698. The van der Waals surface area contributed by atoms with E-state index in [2.05, 4.69) is 41.9 Å². The van der Waals surface area contributed by atoms with Gasteiger partial charge in [0.1, 0.15) is 5.82 Å². The lowest BCUT2D eigenvalue weighted by Gasteiger charge is -2.32. The van der Waals surface area contributed by atoms with Gasteiger partial charge in [-0.05, 0) is 56.4 Å². The molecule has 33 heavy (non-hydrogen) atoms. The molecular formula is C26H41N5O2. The highest BCUT2D eigenvalue weighted by molar-refractivity contribution is 6.02. The Hall–Kier alpha value is -2.22. The number of fused-ring (bicyclic) bond motifs is 1. The van der Waals surface area contributed by atoms with Crippen LogP contribution in [0.5, 0.6) is 0 Å². The number of benzene rings is 1. The van der Waals surface area contributed by atoms with Crippen molar-refractivity contribution in [1.82, 2.24) is 15.6 Å². The minimum atomic E-state index is -0.445. The minimum Gasteiger partial charge on any atom is -0.378 e. The van der Waals surface area contributed by atoms with Crippen LogP contribution in [-0.4, -0.2) is 48.9 Å². The maximum atomic E-state index is 12.9. The van der Waals surface area contributed by atoms with E-state index in [0.717, 1.165) is 23.7 Å². The summed E-state index contributed by atoms with van der Waals surface area (Å²) < 4.78 is 5.88. The number of nitrogens with two attached hydrogens (primary N) is 1. The molecule has 1 amide bonds. The van der Waals surface area contributed by atoms with Crippen molar-refractivity contribution in [1.29, 1.82) is 0 Å². The Bertz CT molecular complexity index is 911. The first-order chi connectivity index (χ1) is 15.9. The molecule has 1 heterocycles. The number of pyridine rings is 1. The van der Waals surface area contributed by atoms with E-state index in [1.165, 1.54) is 37.7 Å². The molecule has 7 heteroatoms. The fraction of sp³-hybridized carbons (Fsp3) is 0.615. The molecular weight excluding hydrogens is 414 g/mol. The number of nitrogens with zero attached hydrogens (tertiary/aromatic N) is 1. The van der Waals surface area contributed by atoms with Crippen molar-refractivity contribution < 1.29 is 9.53 Å². The highest BCUT2D eigenvalue weighted by Crippen LogP contribution is 2.23. The quantitative estimate of drug-likeness (QED) is 0.383. The Morgan fingerprint density at radius 2 is 1.97 bits per heavy atom. The molecule has 3 rings (SSSR count). The summed E-state index contributed by atoms with van der Waals surface area (Å²) in [5.41, 5.74) is 8.39. The van der Waals surface area contributed by atoms with Crippen molar-refractivity contribution in [3.8, 4) is 0 Å². The summed E-state index contributed by atoms with van der Waals surface area (Å²) in [5.74, 6) is 0.324. The number of aryl methyl sites for hydroxylation is 1. The third-order valence-electron chi connectivity index (χ3n) is 6.61. The molecule has 1 aliphatic carbocycles. The van der Waals surface area contributed by atoms with E-state index in [0.29, 0.717) is 24.0 Å². The molecule has 0 saturated heterocycles. The van der Waals surface area contributed by atoms with Crippen LogP contribution in [-0.2, 0) is 11.2 Å². The number of rotatable bonds is 11. The highest BCUT2D eigenvalue weighted by atomic mass is 16.5. The summed E-state index contributed by atoms with van der Waals surface area (Å²) in [6, 6.07) is 8.88. The third kappa shape index (κ3) is 6.88. The summed E-state index contributed by atoms with van der Waals surface area (Å²) >= 11 is 0. The normalized spacial score (nSPS) is 17.5. The molecule has 0 bridgehead atoms. The van der Waals surface area contributed by atoms with E-state index in [9.17, 15) is 4.79 Å². The van der Waals surface area contributed by atoms with Gasteiger partial charge in [0.25, 0.3) is 5.91 Å². The summed E-state index contributed by atoms with van der Waals surface area (Å²) in [6.07, 6.45) is 7.80. The number of aromatic nitrogens is 1. The van der Waals surface area contributed by atoms with Gasteiger partial charge in [0, 0.05) is 31.1 Å². The van der Waals surface area contributed by atoms with Gasteiger partial charge in [-0.1, -0.05) is 39.2 Å². The van der Waals surface area contributed by atoms with Gasteiger partial charge in [-0.25, -0.2) is 4.98 Å². The van der Waals surface area contributed by atoms with Gasteiger partial charge >= 0.3 is 0 Å². The van der Waals surface area contributed by atoms with E-state index in [1.807, 2.05) is 12.1 Å². The van der Waals surface area contributed by atoms with E-state index in [1.54, 1.807) is 14.0 Å². The maximum Gasteiger partial charge on any atom is 0.256 e. The molecule has 3 atom stereocenters. The van der Waals surface area contributed by atoms with Gasteiger partial charge in [-0.15, -0.1) is 0 Å². The van der Waals surface area contributed by atoms with Crippen molar-refractivity contribution >= 4 is 22.6 Å². The van der Waals surface area contributed by atoms with Crippen molar-refractivity contribution in [2.75, 3.05) is 19.0 Å². The molecule has 7 nitrogen and oxygen atoms in total. The molecule has 2 aromatic rings. The van der Waals surface area contributed by atoms with E-state index in [-0.39, 0.29) is 18.1 Å². The van der Waals surface area contributed by atoms with Crippen molar-refractivity contribution in [3.05, 3.63) is 35.4 Å². The zero-order chi connectivity index (χ0) is 23.8. The summed E-state index contributed by atoms with van der Waals surface area (Å²) in [7, 11) is 1.75. The largest absolute Gasteiger partial charge is 0.378 e. The smallest absolute Gasteiger partial charge is 0.256 e. The average molecular weight is 456 g/mol. The van der Waals surface area contributed by atoms with Crippen LogP contribution in [0.4, 0.5) is 5.82 Å². The topological polar surface area (TPSA) is 101 Å². The zero-order valence-corrected chi connectivity index (χ0v) is 20.6. The molecule has 1 saturated carbocycles. The lowest BCUT2D eigenvalue weighted by atomic mass is 9.94. The van der Waals surface area contributed by atoms with Crippen LogP contribution in [0.1, 0.15) is 75.2 Å².